The molecular formula is C17H21N5O2. The van der Waals surface area contributed by atoms with Gasteiger partial charge in [-0.2, -0.15) is 5.10 Å². The van der Waals surface area contributed by atoms with Crippen LogP contribution in [0, 0.1) is 0 Å². The molecule has 2 N–H and O–H groups in total. The summed E-state index contributed by atoms with van der Waals surface area (Å²) in [6.45, 7) is 3.29. The Hall–Kier alpha value is -2.83. The van der Waals surface area contributed by atoms with Crippen LogP contribution in [0.5, 0.6) is 0 Å². The lowest BCUT2D eigenvalue weighted by Gasteiger charge is -2.24. The fraction of sp³-hybridized carbons (Fsp3) is 0.353. The number of urea groups is 1. The number of hydrogen-bond donors (Lipinski definition) is 2. The third-order valence-electron chi connectivity index (χ3n) is 4.07. The summed E-state index contributed by atoms with van der Waals surface area (Å²) >= 11 is 0. The predicted molar refractivity (Wildman–Crippen MR) is 91.7 cm³/mol. The molecule has 2 heterocycles. The van der Waals surface area contributed by atoms with E-state index in [-0.39, 0.29) is 11.9 Å². The van der Waals surface area contributed by atoms with Crippen molar-refractivity contribution in [2.75, 3.05) is 17.2 Å². The summed E-state index contributed by atoms with van der Waals surface area (Å²) in [6, 6.07) is 8.54. The molecule has 1 saturated heterocycles. The molecule has 3 amide bonds. The van der Waals surface area contributed by atoms with E-state index >= 15 is 0 Å². The fourth-order valence-electron chi connectivity index (χ4n) is 2.83. The smallest absolute Gasteiger partial charge is 0.322 e. The number of carbonyl (C=O) groups is 2. The maximum absolute atomic E-state index is 12.5. The molecule has 7 heteroatoms. The zero-order chi connectivity index (χ0) is 16.9. The fourth-order valence-corrected chi connectivity index (χ4v) is 2.83. The molecule has 0 bridgehead atoms. The number of para-hydroxylation sites is 1. The van der Waals surface area contributed by atoms with Gasteiger partial charge in [0, 0.05) is 25.0 Å². The second kappa shape index (κ2) is 7.16. The van der Waals surface area contributed by atoms with Crippen molar-refractivity contribution in [2.45, 2.75) is 32.4 Å². The molecule has 3 rings (SSSR count). The van der Waals surface area contributed by atoms with Crippen molar-refractivity contribution in [1.82, 2.24) is 14.7 Å². The molecule has 0 radical (unpaired) electrons. The van der Waals surface area contributed by atoms with Crippen LogP contribution in [0.1, 0.15) is 19.8 Å². The van der Waals surface area contributed by atoms with Gasteiger partial charge in [0.05, 0.1) is 11.9 Å². The Labute approximate surface area is 140 Å². The molecule has 1 fully saturated rings. The van der Waals surface area contributed by atoms with Crippen molar-refractivity contribution in [3.05, 3.63) is 42.7 Å². The van der Waals surface area contributed by atoms with Gasteiger partial charge in [-0.3, -0.25) is 9.48 Å². The molecule has 2 aromatic rings. The van der Waals surface area contributed by atoms with Gasteiger partial charge in [-0.25, -0.2) is 4.79 Å². The van der Waals surface area contributed by atoms with Crippen LogP contribution in [0.15, 0.2) is 42.7 Å². The molecular weight excluding hydrogens is 306 g/mol. The lowest BCUT2D eigenvalue weighted by molar-refractivity contribution is -0.119. The predicted octanol–water partition coefficient (Wildman–Crippen LogP) is 2.54. The van der Waals surface area contributed by atoms with E-state index < -0.39 is 6.04 Å². The minimum absolute atomic E-state index is 0.175. The summed E-state index contributed by atoms with van der Waals surface area (Å²) in [4.78, 5) is 26.6. The van der Waals surface area contributed by atoms with E-state index in [1.165, 1.54) is 0 Å². The second-order valence-corrected chi connectivity index (χ2v) is 5.72. The van der Waals surface area contributed by atoms with Crippen LogP contribution in [0.2, 0.25) is 0 Å². The van der Waals surface area contributed by atoms with Crippen molar-refractivity contribution < 1.29 is 9.59 Å². The Balaban J connectivity index is 1.63. The Morgan fingerprint density at radius 3 is 2.71 bits per heavy atom. The number of rotatable bonds is 4. The highest BCUT2D eigenvalue weighted by molar-refractivity contribution is 5.99. The minimum Gasteiger partial charge on any atom is -0.322 e. The number of carbonyl (C=O) groups excluding carboxylic acids is 2. The summed E-state index contributed by atoms with van der Waals surface area (Å²) in [5, 5.41) is 9.81. The van der Waals surface area contributed by atoms with Crippen LogP contribution in [0.4, 0.5) is 16.2 Å². The van der Waals surface area contributed by atoms with Crippen molar-refractivity contribution >= 4 is 23.3 Å². The first-order chi connectivity index (χ1) is 11.7. The summed E-state index contributed by atoms with van der Waals surface area (Å²) in [5.74, 6) is -0.175. The Kier molecular flexibility index (Phi) is 4.79. The van der Waals surface area contributed by atoms with Crippen LogP contribution < -0.4 is 10.6 Å². The highest BCUT2D eigenvalue weighted by Crippen LogP contribution is 2.20. The van der Waals surface area contributed by atoms with Gasteiger partial charge in [0.2, 0.25) is 5.91 Å². The third kappa shape index (κ3) is 3.56. The molecule has 1 aromatic carbocycles. The minimum atomic E-state index is -0.460. The quantitative estimate of drug-likeness (QED) is 0.905. The topological polar surface area (TPSA) is 79.3 Å². The maximum Gasteiger partial charge on any atom is 0.322 e. The molecule has 1 aliphatic heterocycles. The molecule has 1 unspecified atom stereocenters. The van der Waals surface area contributed by atoms with Crippen LogP contribution in [-0.4, -0.2) is 39.2 Å². The van der Waals surface area contributed by atoms with Crippen molar-refractivity contribution in [3.8, 4) is 0 Å². The lowest BCUT2D eigenvalue weighted by atomic mass is 10.2. The second-order valence-electron chi connectivity index (χ2n) is 5.72. The van der Waals surface area contributed by atoms with E-state index in [1.54, 1.807) is 22.0 Å². The van der Waals surface area contributed by atoms with E-state index in [1.807, 2.05) is 37.3 Å². The SMILES string of the molecule is CCn1cc(NC(=O)C2CCCN2C(=O)Nc2ccccc2)cn1. The van der Waals surface area contributed by atoms with Gasteiger partial charge in [0.25, 0.3) is 0 Å². The van der Waals surface area contributed by atoms with Crippen molar-refractivity contribution in [3.63, 3.8) is 0 Å². The molecule has 0 spiro atoms. The molecule has 0 aliphatic carbocycles. The van der Waals surface area contributed by atoms with Gasteiger partial charge >= 0.3 is 6.03 Å². The Morgan fingerprint density at radius 2 is 2.00 bits per heavy atom. The van der Waals surface area contributed by atoms with E-state index in [9.17, 15) is 9.59 Å². The summed E-state index contributed by atoms with van der Waals surface area (Å²) in [7, 11) is 0. The normalized spacial score (nSPS) is 16.9. The first-order valence-electron chi connectivity index (χ1n) is 8.13. The van der Waals surface area contributed by atoms with Crippen LogP contribution in [0.25, 0.3) is 0 Å². The summed E-state index contributed by atoms with van der Waals surface area (Å²) in [6.07, 6.45) is 4.87. The van der Waals surface area contributed by atoms with Gasteiger partial charge in [-0.05, 0) is 31.9 Å². The highest BCUT2D eigenvalue weighted by atomic mass is 16.2. The number of aryl methyl sites for hydroxylation is 1. The van der Waals surface area contributed by atoms with Crippen molar-refractivity contribution in [1.29, 1.82) is 0 Å². The van der Waals surface area contributed by atoms with Gasteiger partial charge in [-0.1, -0.05) is 18.2 Å². The van der Waals surface area contributed by atoms with Crippen LogP contribution in [-0.2, 0) is 11.3 Å². The van der Waals surface area contributed by atoms with Crippen LogP contribution in [0.3, 0.4) is 0 Å². The first-order valence-corrected chi connectivity index (χ1v) is 8.13. The van der Waals surface area contributed by atoms with E-state index in [4.69, 9.17) is 0 Å². The maximum atomic E-state index is 12.5. The largest absolute Gasteiger partial charge is 0.322 e. The molecule has 1 aliphatic rings. The molecule has 1 atom stereocenters. The number of amides is 3. The number of aromatic nitrogens is 2. The molecule has 0 saturated carbocycles. The summed E-state index contributed by atoms with van der Waals surface area (Å²) in [5.41, 5.74) is 1.37. The number of benzene rings is 1. The third-order valence-corrected chi connectivity index (χ3v) is 4.07. The average molecular weight is 327 g/mol. The van der Waals surface area contributed by atoms with E-state index in [0.29, 0.717) is 18.7 Å². The highest BCUT2D eigenvalue weighted by Gasteiger charge is 2.34. The molecule has 1 aromatic heterocycles. The zero-order valence-electron chi connectivity index (χ0n) is 13.6. The van der Waals surface area contributed by atoms with Crippen molar-refractivity contribution in [2.24, 2.45) is 0 Å². The average Bonchev–Trinajstić information content (AvgIpc) is 3.24. The van der Waals surface area contributed by atoms with E-state index in [2.05, 4.69) is 15.7 Å². The Bertz CT molecular complexity index is 713. The number of anilines is 2. The van der Waals surface area contributed by atoms with Crippen LogP contribution >= 0.6 is 0 Å². The van der Waals surface area contributed by atoms with Gasteiger partial charge in [0.15, 0.2) is 0 Å². The van der Waals surface area contributed by atoms with Gasteiger partial charge in [0.1, 0.15) is 6.04 Å². The first kappa shape index (κ1) is 16.0. The molecule has 24 heavy (non-hydrogen) atoms. The number of likely N-dealkylation sites (tertiary alicyclic amines) is 1. The molecule has 126 valence electrons. The lowest BCUT2D eigenvalue weighted by Crippen LogP contribution is -2.45. The van der Waals surface area contributed by atoms with Gasteiger partial charge in [-0.15, -0.1) is 0 Å². The van der Waals surface area contributed by atoms with E-state index in [0.717, 1.165) is 18.7 Å². The number of nitrogens with one attached hydrogen (secondary N) is 2. The number of hydrogen-bond acceptors (Lipinski definition) is 3. The number of nitrogens with zero attached hydrogens (tertiary/aromatic N) is 3. The monoisotopic (exact) mass is 327 g/mol. The zero-order valence-corrected chi connectivity index (χ0v) is 13.6. The molecule has 7 nitrogen and oxygen atoms in total. The van der Waals surface area contributed by atoms with Gasteiger partial charge < -0.3 is 15.5 Å². The summed E-state index contributed by atoms with van der Waals surface area (Å²) < 4.78 is 1.74. The Morgan fingerprint density at radius 1 is 1.21 bits per heavy atom. The standard InChI is InChI=1S/C17H21N5O2/c1-2-21-12-14(11-18-21)19-16(23)15-9-6-10-22(15)17(24)20-13-7-4-3-5-8-13/h3-5,7-8,11-12,15H,2,6,9-10H2,1H3,(H,19,23)(H,20,24).